The number of hydrogen-bond donors (Lipinski definition) is 0. The maximum Gasteiger partial charge on any atom is 0.417 e. The molecule has 156 valence electrons. The van der Waals surface area contributed by atoms with Crippen molar-refractivity contribution in [3.8, 4) is 17.3 Å². The van der Waals surface area contributed by atoms with Crippen LogP contribution in [0.5, 0.6) is 5.88 Å². The largest absolute Gasteiger partial charge is 0.471 e. The molecule has 0 saturated carbocycles. The number of ether oxygens (including phenoxy) is 1. The predicted octanol–water partition coefficient (Wildman–Crippen LogP) is 5.49. The van der Waals surface area contributed by atoms with Crippen LogP contribution in [0.15, 0.2) is 34.7 Å². The minimum absolute atomic E-state index is 0.0417. The van der Waals surface area contributed by atoms with Crippen molar-refractivity contribution in [2.45, 2.75) is 26.6 Å². The Hall–Kier alpha value is -3.07. The van der Waals surface area contributed by atoms with Crippen LogP contribution in [0.3, 0.4) is 0 Å². The molecule has 0 N–H and O–H groups in total. The van der Waals surface area contributed by atoms with Gasteiger partial charge in [0, 0.05) is 23.7 Å². The van der Waals surface area contributed by atoms with Gasteiger partial charge >= 0.3 is 6.18 Å². The maximum absolute atomic E-state index is 13.6. The van der Waals surface area contributed by atoms with E-state index < -0.39 is 11.7 Å². The normalized spacial score (nSPS) is 12.0. The molecule has 3 aromatic heterocycles. The average molecular weight is 437 g/mol. The van der Waals surface area contributed by atoms with Crippen molar-refractivity contribution in [2.75, 3.05) is 0 Å². The molecule has 3 heterocycles. The third kappa shape index (κ3) is 3.72. The minimum atomic E-state index is -4.57. The highest BCUT2D eigenvalue weighted by atomic mass is 35.5. The summed E-state index contributed by atoms with van der Waals surface area (Å²) in [7, 11) is 1.53. The Morgan fingerprint density at radius 1 is 1.13 bits per heavy atom. The van der Waals surface area contributed by atoms with Crippen molar-refractivity contribution in [1.29, 1.82) is 0 Å². The molecule has 0 aliphatic rings. The summed E-state index contributed by atoms with van der Waals surface area (Å²) in [5, 5.41) is 4.58. The number of benzene rings is 1. The SMILES string of the molecule is Cc1oc(-c2ccc(Cl)cc2)nc1COc1cc(C(F)(F)F)c2c(C)nn(C)c2n1. The molecule has 4 aromatic rings. The monoisotopic (exact) mass is 436 g/mol. The van der Waals surface area contributed by atoms with Crippen molar-refractivity contribution in [2.24, 2.45) is 7.05 Å². The van der Waals surface area contributed by atoms with Gasteiger partial charge in [0.05, 0.1) is 16.6 Å². The highest BCUT2D eigenvalue weighted by Gasteiger charge is 2.35. The molecule has 0 bridgehead atoms. The van der Waals surface area contributed by atoms with Crippen LogP contribution in [0.25, 0.3) is 22.5 Å². The highest BCUT2D eigenvalue weighted by molar-refractivity contribution is 6.30. The topological polar surface area (TPSA) is 66.0 Å². The maximum atomic E-state index is 13.6. The van der Waals surface area contributed by atoms with Gasteiger partial charge in [0.15, 0.2) is 5.65 Å². The lowest BCUT2D eigenvalue weighted by molar-refractivity contribution is -0.136. The zero-order valence-electron chi connectivity index (χ0n) is 16.2. The zero-order chi connectivity index (χ0) is 21.6. The third-order valence-electron chi connectivity index (χ3n) is 4.59. The van der Waals surface area contributed by atoms with Crippen molar-refractivity contribution >= 4 is 22.6 Å². The molecule has 0 fully saturated rings. The summed E-state index contributed by atoms with van der Waals surface area (Å²) in [6.07, 6.45) is -4.57. The molecule has 0 unspecified atom stereocenters. The smallest absolute Gasteiger partial charge is 0.417 e. The van der Waals surface area contributed by atoms with E-state index in [1.54, 1.807) is 31.2 Å². The second-order valence-electron chi connectivity index (χ2n) is 6.73. The first kappa shape index (κ1) is 20.2. The lowest BCUT2D eigenvalue weighted by atomic mass is 10.1. The molecule has 0 aliphatic heterocycles. The van der Waals surface area contributed by atoms with Gasteiger partial charge < -0.3 is 9.15 Å². The fourth-order valence-corrected chi connectivity index (χ4v) is 3.27. The summed E-state index contributed by atoms with van der Waals surface area (Å²) in [5.74, 6) is 0.686. The fraction of sp³-hybridized carbons (Fsp3) is 0.250. The molecular formula is C20H16ClF3N4O2. The molecule has 0 spiro atoms. The van der Waals surface area contributed by atoms with Gasteiger partial charge in [-0.15, -0.1) is 0 Å². The molecule has 1 aromatic carbocycles. The van der Waals surface area contributed by atoms with E-state index in [1.165, 1.54) is 18.7 Å². The number of alkyl halides is 3. The van der Waals surface area contributed by atoms with E-state index in [-0.39, 0.29) is 29.2 Å². The highest BCUT2D eigenvalue weighted by Crippen LogP contribution is 2.37. The average Bonchev–Trinajstić information content (AvgIpc) is 3.19. The number of oxazole rings is 1. The number of pyridine rings is 1. The Kier molecular flexibility index (Phi) is 4.93. The molecule has 0 radical (unpaired) electrons. The first-order valence-corrected chi connectivity index (χ1v) is 9.28. The Morgan fingerprint density at radius 2 is 1.83 bits per heavy atom. The van der Waals surface area contributed by atoms with Crippen LogP contribution in [-0.4, -0.2) is 19.7 Å². The van der Waals surface area contributed by atoms with E-state index in [2.05, 4.69) is 15.1 Å². The summed E-state index contributed by atoms with van der Waals surface area (Å²) in [6, 6.07) is 7.81. The zero-order valence-corrected chi connectivity index (χ0v) is 17.0. The fourth-order valence-electron chi connectivity index (χ4n) is 3.14. The summed E-state index contributed by atoms with van der Waals surface area (Å²) in [5.41, 5.74) is 0.677. The van der Waals surface area contributed by atoms with Gasteiger partial charge in [0.2, 0.25) is 11.8 Å². The van der Waals surface area contributed by atoms with Crippen molar-refractivity contribution in [3.63, 3.8) is 0 Å². The van der Waals surface area contributed by atoms with E-state index in [1.807, 2.05) is 0 Å². The van der Waals surface area contributed by atoms with Gasteiger partial charge in [0.1, 0.15) is 18.1 Å². The molecule has 6 nitrogen and oxygen atoms in total. The number of hydrogen-bond acceptors (Lipinski definition) is 5. The Balaban J connectivity index is 1.64. The Labute approximate surface area is 174 Å². The number of aryl methyl sites for hydroxylation is 3. The second-order valence-corrected chi connectivity index (χ2v) is 7.17. The van der Waals surface area contributed by atoms with Crippen molar-refractivity contribution in [3.05, 3.63) is 58.1 Å². The van der Waals surface area contributed by atoms with Gasteiger partial charge in [-0.05, 0) is 38.1 Å². The number of aromatic nitrogens is 4. The lowest BCUT2D eigenvalue weighted by Gasteiger charge is -2.11. The number of fused-ring (bicyclic) bond motifs is 1. The number of nitrogens with zero attached hydrogens (tertiary/aromatic N) is 4. The molecule has 0 aliphatic carbocycles. The van der Waals surface area contributed by atoms with Crippen molar-refractivity contribution < 1.29 is 22.3 Å². The van der Waals surface area contributed by atoms with Crippen molar-refractivity contribution in [1.82, 2.24) is 19.7 Å². The van der Waals surface area contributed by atoms with Crippen LogP contribution in [-0.2, 0) is 19.8 Å². The summed E-state index contributed by atoms with van der Waals surface area (Å²) in [6.45, 7) is 3.11. The van der Waals surface area contributed by atoms with E-state index >= 15 is 0 Å². The van der Waals surface area contributed by atoms with Crippen LogP contribution >= 0.6 is 11.6 Å². The van der Waals surface area contributed by atoms with Crippen LogP contribution in [0.4, 0.5) is 13.2 Å². The van der Waals surface area contributed by atoms with Gasteiger partial charge in [-0.1, -0.05) is 11.6 Å². The molecule has 0 atom stereocenters. The Bertz CT molecular complexity index is 1230. The van der Waals surface area contributed by atoms with E-state index in [0.29, 0.717) is 22.4 Å². The standard InChI is InChI=1S/C20H16ClF3N4O2/c1-10-17-14(20(22,23)24)8-16(26-18(17)28(3)27-10)29-9-15-11(2)30-19(25-15)12-4-6-13(21)7-5-12/h4-8H,9H2,1-3H3. The van der Waals surface area contributed by atoms with Crippen LogP contribution in [0.1, 0.15) is 22.7 Å². The summed E-state index contributed by atoms with van der Waals surface area (Å²) >= 11 is 5.89. The molecule has 4 rings (SSSR count). The van der Waals surface area contributed by atoms with E-state index in [0.717, 1.165) is 11.6 Å². The lowest BCUT2D eigenvalue weighted by Crippen LogP contribution is -2.09. The van der Waals surface area contributed by atoms with Gasteiger partial charge in [-0.25, -0.2) is 4.98 Å². The van der Waals surface area contributed by atoms with Gasteiger partial charge in [0.25, 0.3) is 0 Å². The number of halogens is 4. The van der Waals surface area contributed by atoms with Crippen LogP contribution < -0.4 is 4.74 Å². The second kappa shape index (κ2) is 7.32. The molecule has 30 heavy (non-hydrogen) atoms. The predicted molar refractivity (Wildman–Crippen MR) is 104 cm³/mol. The Morgan fingerprint density at radius 3 is 2.50 bits per heavy atom. The first-order valence-electron chi connectivity index (χ1n) is 8.90. The number of rotatable bonds is 4. The molecular weight excluding hydrogens is 421 g/mol. The van der Waals surface area contributed by atoms with Gasteiger partial charge in [-0.2, -0.15) is 23.3 Å². The van der Waals surface area contributed by atoms with Gasteiger partial charge in [-0.3, -0.25) is 4.68 Å². The minimum Gasteiger partial charge on any atom is -0.471 e. The molecule has 0 amide bonds. The van der Waals surface area contributed by atoms with E-state index in [4.69, 9.17) is 20.8 Å². The third-order valence-corrected chi connectivity index (χ3v) is 4.84. The quantitative estimate of drug-likeness (QED) is 0.423. The van der Waals surface area contributed by atoms with Crippen LogP contribution in [0, 0.1) is 13.8 Å². The summed E-state index contributed by atoms with van der Waals surface area (Å²) in [4.78, 5) is 8.57. The first-order chi connectivity index (χ1) is 14.1. The van der Waals surface area contributed by atoms with Crippen LogP contribution in [0.2, 0.25) is 5.02 Å². The molecule has 0 saturated heterocycles. The summed E-state index contributed by atoms with van der Waals surface area (Å²) < 4.78 is 53.2. The molecule has 10 heteroatoms. The van der Waals surface area contributed by atoms with E-state index in [9.17, 15) is 13.2 Å².